The third-order valence-corrected chi connectivity index (χ3v) is 53.0. The van der Waals surface area contributed by atoms with Crippen LogP contribution in [0.4, 0.5) is 17.6 Å². The predicted molar refractivity (Wildman–Crippen MR) is 576 cm³/mol. The van der Waals surface area contributed by atoms with Crippen LogP contribution in [0.15, 0.2) is 152 Å². The molecule has 132 heavy (non-hydrogen) atoms. The molecule has 0 aliphatic heterocycles. The van der Waals surface area contributed by atoms with Crippen molar-refractivity contribution in [3.8, 4) is 132 Å². The molecule has 8 aliphatic rings. The van der Waals surface area contributed by atoms with Crippen molar-refractivity contribution in [1.29, 1.82) is 0 Å². The van der Waals surface area contributed by atoms with Gasteiger partial charge in [-0.05, 0) is 238 Å². The molecule has 8 aliphatic carbocycles. The van der Waals surface area contributed by atoms with E-state index in [1.54, 1.807) is 0 Å². The molecule has 0 radical (unpaired) electrons. The average Bonchev–Trinajstić information content (AvgIpc) is 1.53. The molecule has 24 rings (SSSR count). The molecule has 16 aromatic rings. The van der Waals surface area contributed by atoms with E-state index in [1.807, 2.05) is 139 Å². The van der Waals surface area contributed by atoms with Crippen LogP contribution in [0.25, 0.3) is 129 Å². The molecule has 4 aromatic carbocycles. The molecule has 0 amide bonds. The van der Waals surface area contributed by atoms with E-state index in [4.69, 9.17) is 0 Å². The van der Waals surface area contributed by atoms with Crippen LogP contribution >= 0.6 is 136 Å². The molecule has 0 atom stereocenters. The zero-order chi connectivity index (χ0) is 92.2. The van der Waals surface area contributed by atoms with Gasteiger partial charge in [-0.15, -0.1) is 159 Å². The SMILES string of the molecule is CC#CC1=c2sc3c(c2-c2ccsc21)-c1ccsc1C=3C#C[Si](C(C)C)(C(C)C)C(C)C.CC#CC1=c2sc3c(c2-c2sccc21)-c1sccc1C=3C#C[Si](C(C)C)(C(C)C)C(C)C.Cc1cc(C)c(C2=c3sc4c(c3-c3sccc32)-c2sccc2C=4c2c(C)cc(C)cc2C)c(C)c1.Fc1cccc(F)c1C1=c2sc3c(c2-c2sccc21)-c1sccc1C=3c1c(F)cccc1F. The van der Waals surface area contributed by atoms with Gasteiger partial charge in [-0.25, -0.2) is 17.6 Å². The Hall–Kier alpha value is -9.37. The van der Waals surface area contributed by atoms with Crippen molar-refractivity contribution in [2.75, 3.05) is 0 Å². The summed E-state index contributed by atoms with van der Waals surface area (Å²) in [5, 5.41) is 17.2. The molecular weight excluding hydrogens is 1890 g/mol. The van der Waals surface area contributed by atoms with Crippen molar-refractivity contribution in [2.45, 2.75) is 172 Å². The molecular formula is C114H92F4S12Si2. The first-order valence-corrected chi connectivity index (χ1v) is 59.6. The van der Waals surface area contributed by atoms with Crippen LogP contribution in [-0.2, 0) is 0 Å². The number of hydrogen-bond acceptors (Lipinski definition) is 12. The van der Waals surface area contributed by atoms with Gasteiger partial charge in [0.25, 0.3) is 0 Å². The van der Waals surface area contributed by atoms with Crippen LogP contribution in [0.5, 0.6) is 0 Å². The van der Waals surface area contributed by atoms with Gasteiger partial charge >= 0.3 is 0 Å². The first-order valence-electron chi connectivity index (χ1n) is 44.8. The van der Waals surface area contributed by atoms with Crippen LogP contribution in [-0.4, -0.2) is 16.1 Å². The smallest absolute Gasteiger partial charge is 0.146 e. The minimum Gasteiger partial charge on any atom is -0.206 e. The summed E-state index contributed by atoms with van der Waals surface area (Å²) in [6.45, 7) is 46.1. The van der Waals surface area contributed by atoms with Crippen molar-refractivity contribution < 1.29 is 17.6 Å². The maximum absolute atomic E-state index is 14.9. The lowest BCUT2D eigenvalue weighted by atomic mass is 9.92. The zero-order valence-electron chi connectivity index (χ0n) is 76.9. The Labute approximate surface area is 819 Å². The van der Waals surface area contributed by atoms with Crippen molar-refractivity contribution in [3.63, 3.8) is 0 Å². The molecule has 0 unspecified atom stereocenters. The third kappa shape index (κ3) is 13.3. The van der Waals surface area contributed by atoms with Gasteiger partial charge in [0.15, 0.2) is 0 Å². The van der Waals surface area contributed by atoms with Crippen LogP contribution in [0.2, 0.25) is 33.2 Å². The maximum atomic E-state index is 14.9. The summed E-state index contributed by atoms with van der Waals surface area (Å²) >= 11 is 21.4. The Morgan fingerprint density at radius 3 is 0.773 bits per heavy atom. The Balaban J connectivity index is 0.000000106. The van der Waals surface area contributed by atoms with E-state index in [0.717, 1.165) is 41.1 Å². The highest BCUT2D eigenvalue weighted by atomic mass is 32.1. The molecule has 12 heterocycles. The van der Waals surface area contributed by atoms with E-state index < -0.39 is 39.4 Å². The van der Waals surface area contributed by atoms with Gasteiger partial charge in [-0.1, -0.05) is 154 Å². The normalized spacial score (nSPS) is 13.5. The Kier molecular flexibility index (Phi) is 22.9. The van der Waals surface area contributed by atoms with Crippen LogP contribution in [0.3, 0.4) is 0 Å². The summed E-state index contributed by atoms with van der Waals surface area (Å²) in [4.78, 5) is 10.2. The third-order valence-electron chi connectivity index (χ3n) is 28.1. The minimum absolute atomic E-state index is 0.0687. The minimum atomic E-state index is -1.79. The predicted octanol–water partition coefficient (Wildman–Crippen LogP) is 30.0. The molecule has 12 aromatic heterocycles. The summed E-state index contributed by atoms with van der Waals surface area (Å²) < 4.78 is 69.4. The molecule has 656 valence electrons. The Morgan fingerprint density at radius 2 is 0.470 bits per heavy atom. The molecule has 0 bridgehead atoms. The second-order valence-corrected chi connectivity index (χ2v) is 59.7. The first-order chi connectivity index (χ1) is 63.6. The van der Waals surface area contributed by atoms with E-state index in [2.05, 4.69) is 264 Å². The average molecular weight is 1980 g/mol. The van der Waals surface area contributed by atoms with Gasteiger partial charge in [0.2, 0.25) is 0 Å². The Bertz CT molecular complexity index is 7940. The van der Waals surface area contributed by atoms with Gasteiger partial charge in [0.05, 0.1) is 61.3 Å². The number of rotatable bonds is 10. The zero-order valence-corrected chi connectivity index (χ0v) is 88.7. The molecule has 0 fully saturated rings. The highest BCUT2D eigenvalue weighted by Crippen LogP contribution is 2.56. The van der Waals surface area contributed by atoms with E-state index in [-0.39, 0.29) is 11.1 Å². The molecule has 18 heteroatoms. The number of halogens is 4. The van der Waals surface area contributed by atoms with Gasteiger partial charge in [-0.3, -0.25) is 0 Å². The fourth-order valence-electron chi connectivity index (χ4n) is 23.0. The van der Waals surface area contributed by atoms with E-state index in [1.165, 1.54) is 272 Å². The molecule has 0 nitrogen and oxygen atoms in total. The second-order valence-electron chi connectivity index (χ2n) is 37.1. The summed E-state index contributed by atoms with van der Waals surface area (Å²) in [5.74, 6) is 18.2. The number of thiophene rings is 12. The van der Waals surface area contributed by atoms with E-state index in [0.29, 0.717) is 44.4 Å². The highest BCUT2D eigenvalue weighted by Gasteiger charge is 2.46. The number of benzene rings is 4. The lowest BCUT2D eigenvalue weighted by Gasteiger charge is -2.38. The summed E-state index contributed by atoms with van der Waals surface area (Å²) in [5.41, 5.74) is 51.8. The van der Waals surface area contributed by atoms with Gasteiger partial charge in [0.1, 0.15) is 39.4 Å². The summed E-state index contributed by atoms with van der Waals surface area (Å²) in [6.07, 6.45) is 0. The first kappa shape index (κ1) is 89.2. The van der Waals surface area contributed by atoms with E-state index >= 15 is 0 Å². The van der Waals surface area contributed by atoms with Crippen LogP contribution in [0, 0.1) is 111 Å². The van der Waals surface area contributed by atoms with Gasteiger partial charge in [-0.2, -0.15) is 0 Å². The topological polar surface area (TPSA) is 0 Å². The van der Waals surface area contributed by atoms with Crippen LogP contribution < -0.4 is 36.3 Å². The lowest BCUT2D eigenvalue weighted by molar-refractivity contribution is 0.576. The fraction of sp³-hybridized carbons (Fsp3) is 0.228. The van der Waals surface area contributed by atoms with Crippen molar-refractivity contribution in [2.24, 2.45) is 0 Å². The Morgan fingerprint density at radius 1 is 0.242 bits per heavy atom. The summed E-state index contributed by atoms with van der Waals surface area (Å²) in [6, 6.07) is 34.6. The maximum Gasteiger partial charge on any atom is 0.146 e. The fourth-order valence-corrected chi connectivity index (χ4v) is 47.1. The van der Waals surface area contributed by atoms with Crippen molar-refractivity contribution in [3.05, 3.63) is 311 Å². The van der Waals surface area contributed by atoms with Crippen LogP contribution in [0.1, 0.15) is 196 Å². The number of fused-ring (bicyclic) bond motifs is 28. The van der Waals surface area contributed by atoms with Gasteiger partial charge < -0.3 is 0 Å². The second kappa shape index (κ2) is 33.9. The van der Waals surface area contributed by atoms with Crippen molar-refractivity contribution >= 4 is 197 Å². The lowest BCUT2D eigenvalue weighted by Crippen LogP contribution is -2.43. The number of aryl methyl sites for hydroxylation is 6. The highest BCUT2D eigenvalue weighted by molar-refractivity contribution is 7.20. The van der Waals surface area contributed by atoms with Crippen molar-refractivity contribution in [1.82, 2.24) is 0 Å². The quantitative estimate of drug-likeness (QED) is 0.0727. The molecule has 0 spiro atoms. The monoisotopic (exact) mass is 1980 g/mol. The summed E-state index contributed by atoms with van der Waals surface area (Å²) in [7, 11) is -3.58. The number of hydrogen-bond donors (Lipinski definition) is 0. The molecule has 0 N–H and O–H groups in total. The molecule has 0 saturated heterocycles. The molecule has 0 saturated carbocycles. The van der Waals surface area contributed by atoms with E-state index in [9.17, 15) is 17.6 Å². The largest absolute Gasteiger partial charge is 0.206 e. The van der Waals surface area contributed by atoms with Gasteiger partial charge in [0, 0.05) is 159 Å². The standard InChI is InChI=1S/C32H26S3.2C28H28S3Si.C26H10F4S3/c1-15-11-17(3)23(18(4)12-15)25-21-7-9-33-29(21)27-28-30-22(8-10-34-30)26(32(28)35-31(25)27)24-19(5)13-16(2)14-20(24)6;1-8-9-21-25-19(10-13-29-25)23-24-20-11-14-30-26(20)22(28(24)31-27(21)23)12-15-32(16(2)3,17(4)5)18(6)7;1-8-9-19-20-10-13-29-25(20)23-24-26-21(11-14-30-26)22(28(24)31-27(19)23)12-15-32(16(2)3,17(4)5)18(6)7;27-13-3-1-4-14(28)19(13)17-11-7-9-31-23(11)21-22-24-12(8-10-32-24)18(26(22)33-25(17)21)20-15(29)5-2-6-16(20)30/h7-14H,1-6H3;2*10-11,13-14,16-18H,1-7H3;1-10H.